The SMILES string of the molecule is O[B]O.c1ccc(-c2ccccn2)nc1. The Morgan fingerprint density at radius 1 is 0.800 bits per heavy atom. The third kappa shape index (κ3) is 3.89. The van der Waals surface area contributed by atoms with E-state index >= 15 is 0 Å². The van der Waals surface area contributed by atoms with E-state index in [1.54, 1.807) is 12.4 Å². The molecule has 2 heterocycles. The van der Waals surface area contributed by atoms with Gasteiger partial charge in [0.15, 0.2) is 0 Å². The lowest BCUT2D eigenvalue weighted by molar-refractivity contribution is 0.448. The van der Waals surface area contributed by atoms with Crippen LogP contribution in [-0.4, -0.2) is 27.7 Å². The normalized spacial score (nSPS) is 8.67. The molecule has 15 heavy (non-hydrogen) atoms. The number of hydrogen-bond acceptors (Lipinski definition) is 4. The van der Waals surface area contributed by atoms with Crippen molar-refractivity contribution in [3.05, 3.63) is 48.8 Å². The van der Waals surface area contributed by atoms with Gasteiger partial charge >= 0.3 is 7.69 Å². The lowest BCUT2D eigenvalue weighted by Gasteiger charge is -1.96. The molecule has 0 spiro atoms. The standard InChI is InChI=1S/C10H8N2.BH2O2/c1-3-7-11-9(5-1)10-6-2-4-8-12-10;2-1-3/h1-8H;2-3H. The zero-order valence-corrected chi connectivity index (χ0v) is 7.99. The molecule has 0 aliphatic heterocycles. The molecule has 0 fully saturated rings. The topological polar surface area (TPSA) is 66.2 Å². The summed E-state index contributed by atoms with van der Waals surface area (Å²) in [5.41, 5.74) is 1.83. The number of hydrogen-bond donors (Lipinski definition) is 2. The summed E-state index contributed by atoms with van der Waals surface area (Å²) >= 11 is 0. The Morgan fingerprint density at radius 3 is 1.47 bits per heavy atom. The first-order valence-corrected chi connectivity index (χ1v) is 4.31. The van der Waals surface area contributed by atoms with Gasteiger partial charge in [0, 0.05) is 12.4 Å². The van der Waals surface area contributed by atoms with Crippen molar-refractivity contribution in [2.75, 3.05) is 0 Å². The molecule has 0 aromatic carbocycles. The third-order valence-electron chi connectivity index (χ3n) is 1.59. The van der Waals surface area contributed by atoms with Crippen molar-refractivity contribution in [3.63, 3.8) is 0 Å². The molecular weight excluding hydrogens is 191 g/mol. The van der Waals surface area contributed by atoms with Gasteiger partial charge in [-0.25, -0.2) is 0 Å². The molecule has 2 aromatic heterocycles. The van der Waals surface area contributed by atoms with Crippen molar-refractivity contribution >= 4 is 7.69 Å². The van der Waals surface area contributed by atoms with Gasteiger partial charge < -0.3 is 10.0 Å². The van der Waals surface area contributed by atoms with Crippen LogP contribution in [0.3, 0.4) is 0 Å². The highest BCUT2D eigenvalue weighted by Crippen LogP contribution is 2.10. The summed E-state index contributed by atoms with van der Waals surface area (Å²) in [6.45, 7) is 0. The average molecular weight is 201 g/mol. The Hall–Kier alpha value is -1.72. The van der Waals surface area contributed by atoms with Crippen LogP contribution in [0.1, 0.15) is 0 Å². The van der Waals surface area contributed by atoms with Gasteiger partial charge in [0.05, 0.1) is 11.4 Å². The highest BCUT2D eigenvalue weighted by atomic mass is 16.4. The number of nitrogens with zero attached hydrogens (tertiary/aromatic N) is 2. The molecule has 75 valence electrons. The fraction of sp³-hybridized carbons (Fsp3) is 0. The van der Waals surface area contributed by atoms with Gasteiger partial charge in [-0.1, -0.05) is 12.1 Å². The van der Waals surface area contributed by atoms with Crippen molar-refractivity contribution in [1.82, 2.24) is 9.97 Å². The average Bonchev–Trinajstić information content (AvgIpc) is 2.32. The molecule has 2 aromatic rings. The van der Waals surface area contributed by atoms with Gasteiger partial charge in [0.1, 0.15) is 0 Å². The van der Waals surface area contributed by atoms with E-state index in [4.69, 9.17) is 10.0 Å². The maximum absolute atomic E-state index is 7.00. The van der Waals surface area contributed by atoms with Crippen LogP contribution in [0.15, 0.2) is 48.8 Å². The molecule has 0 saturated heterocycles. The van der Waals surface area contributed by atoms with Crippen molar-refractivity contribution in [2.45, 2.75) is 0 Å². The molecule has 5 heteroatoms. The highest BCUT2D eigenvalue weighted by Gasteiger charge is 1.95. The molecular formula is C10H10BN2O2. The van der Waals surface area contributed by atoms with Crippen molar-refractivity contribution < 1.29 is 10.0 Å². The van der Waals surface area contributed by atoms with E-state index in [1.807, 2.05) is 36.4 Å². The largest absolute Gasteiger partial charge is 0.482 e. The number of aromatic nitrogens is 2. The van der Waals surface area contributed by atoms with Gasteiger partial charge in [-0.3, -0.25) is 9.97 Å². The van der Waals surface area contributed by atoms with E-state index < -0.39 is 0 Å². The van der Waals surface area contributed by atoms with Crippen LogP contribution in [0.2, 0.25) is 0 Å². The molecule has 0 unspecified atom stereocenters. The molecule has 0 atom stereocenters. The van der Waals surface area contributed by atoms with Crippen LogP contribution >= 0.6 is 0 Å². The summed E-state index contributed by atoms with van der Waals surface area (Å²) in [5.74, 6) is 0. The van der Waals surface area contributed by atoms with Crippen molar-refractivity contribution in [3.8, 4) is 11.4 Å². The van der Waals surface area contributed by atoms with E-state index in [-0.39, 0.29) is 7.69 Å². The fourth-order valence-electron chi connectivity index (χ4n) is 1.03. The summed E-state index contributed by atoms with van der Waals surface area (Å²) in [7, 11) is 0. The zero-order valence-electron chi connectivity index (χ0n) is 7.99. The molecule has 4 nitrogen and oxygen atoms in total. The Bertz CT molecular complexity index is 332. The van der Waals surface area contributed by atoms with E-state index in [2.05, 4.69) is 9.97 Å². The van der Waals surface area contributed by atoms with Gasteiger partial charge in [0.25, 0.3) is 0 Å². The predicted octanol–water partition coefficient (Wildman–Crippen LogP) is 0.649. The van der Waals surface area contributed by atoms with Crippen LogP contribution in [0.4, 0.5) is 0 Å². The summed E-state index contributed by atoms with van der Waals surface area (Å²) in [6.07, 6.45) is 3.54. The van der Waals surface area contributed by atoms with Gasteiger partial charge in [-0.05, 0) is 24.3 Å². The maximum Gasteiger partial charge on any atom is 0.482 e. The summed E-state index contributed by atoms with van der Waals surface area (Å²) in [5, 5.41) is 14.0. The Balaban J connectivity index is 0.000000337. The zero-order chi connectivity index (χ0) is 10.9. The van der Waals surface area contributed by atoms with Crippen LogP contribution in [-0.2, 0) is 0 Å². The minimum absolute atomic E-state index is 0. The second-order valence-electron chi connectivity index (χ2n) is 2.55. The molecule has 0 saturated carbocycles. The maximum atomic E-state index is 7.00. The molecule has 0 aliphatic rings. The number of pyridine rings is 2. The second-order valence-corrected chi connectivity index (χ2v) is 2.55. The van der Waals surface area contributed by atoms with E-state index in [9.17, 15) is 0 Å². The molecule has 0 bridgehead atoms. The smallest absolute Gasteiger partial charge is 0.429 e. The molecule has 1 radical (unpaired) electrons. The first-order valence-electron chi connectivity index (χ1n) is 4.31. The van der Waals surface area contributed by atoms with Crippen LogP contribution in [0.5, 0.6) is 0 Å². The number of rotatable bonds is 1. The van der Waals surface area contributed by atoms with Crippen molar-refractivity contribution in [2.24, 2.45) is 0 Å². The summed E-state index contributed by atoms with van der Waals surface area (Å²) in [4.78, 5) is 8.37. The molecule has 2 N–H and O–H groups in total. The van der Waals surface area contributed by atoms with Crippen molar-refractivity contribution in [1.29, 1.82) is 0 Å². The first kappa shape index (κ1) is 11.4. The fourth-order valence-corrected chi connectivity index (χ4v) is 1.03. The Labute approximate surface area is 88.6 Å². The molecule has 0 amide bonds. The lowest BCUT2D eigenvalue weighted by atomic mass is 10.2. The van der Waals surface area contributed by atoms with Gasteiger partial charge in [-0.15, -0.1) is 0 Å². The van der Waals surface area contributed by atoms with Gasteiger partial charge in [0.2, 0.25) is 0 Å². The second kappa shape index (κ2) is 6.70. The quantitative estimate of drug-likeness (QED) is 0.664. The monoisotopic (exact) mass is 201 g/mol. The van der Waals surface area contributed by atoms with Crippen LogP contribution in [0, 0.1) is 0 Å². The predicted molar refractivity (Wildman–Crippen MR) is 57.7 cm³/mol. The highest BCUT2D eigenvalue weighted by molar-refractivity contribution is 6.13. The van der Waals surface area contributed by atoms with E-state index in [0.717, 1.165) is 11.4 Å². The van der Waals surface area contributed by atoms with E-state index in [0.29, 0.717) is 0 Å². The minimum atomic E-state index is 0. The summed E-state index contributed by atoms with van der Waals surface area (Å²) < 4.78 is 0. The Kier molecular flexibility index (Phi) is 5.07. The first-order chi connectivity index (χ1) is 7.38. The third-order valence-corrected chi connectivity index (χ3v) is 1.59. The van der Waals surface area contributed by atoms with Crippen LogP contribution in [0.25, 0.3) is 11.4 Å². The lowest BCUT2D eigenvalue weighted by Crippen LogP contribution is -1.83. The van der Waals surface area contributed by atoms with E-state index in [1.165, 1.54) is 0 Å². The van der Waals surface area contributed by atoms with Gasteiger partial charge in [-0.2, -0.15) is 0 Å². The minimum Gasteiger partial charge on any atom is -0.429 e. The molecule has 2 rings (SSSR count). The molecule has 0 aliphatic carbocycles. The summed E-state index contributed by atoms with van der Waals surface area (Å²) in [6, 6.07) is 11.6. The van der Waals surface area contributed by atoms with Crippen LogP contribution < -0.4 is 0 Å². The Morgan fingerprint density at radius 2 is 1.20 bits per heavy atom.